The zero-order chi connectivity index (χ0) is 20.0. The number of likely N-dealkylation sites (N-methyl/N-ethyl adjacent to an activating group) is 2. The van der Waals surface area contributed by atoms with Crippen LogP contribution in [0.3, 0.4) is 0 Å². The van der Waals surface area contributed by atoms with Gasteiger partial charge in [-0.05, 0) is 26.2 Å². The molecule has 0 radical (unpaired) electrons. The third kappa shape index (κ3) is 7.66. The lowest BCUT2D eigenvalue weighted by atomic mass is 10.2. The van der Waals surface area contributed by atoms with Crippen molar-refractivity contribution in [3.05, 3.63) is 27.7 Å². The van der Waals surface area contributed by atoms with E-state index in [-0.39, 0.29) is 41.3 Å². The Morgan fingerprint density at radius 1 is 1.29 bits per heavy atom. The van der Waals surface area contributed by atoms with Crippen molar-refractivity contribution in [3.63, 3.8) is 0 Å². The number of rotatable bonds is 6. The molecule has 1 aromatic carbocycles. The van der Waals surface area contributed by atoms with Crippen LogP contribution in [0.1, 0.15) is 5.56 Å². The minimum atomic E-state index is -2.97. The molecule has 28 heavy (non-hydrogen) atoms. The number of halogens is 5. The van der Waals surface area contributed by atoms with Crippen LogP contribution in [-0.4, -0.2) is 75.7 Å². The Hall–Kier alpha value is -0.620. The van der Waals surface area contributed by atoms with Crippen molar-refractivity contribution in [2.45, 2.75) is 19.2 Å². The molecule has 0 aliphatic carbocycles. The summed E-state index contributed by atoms with van der Waals surface area (Å²) in [6.07, 6.45) is 0. The molecule has 1 aromatic rings. The third-order valence-electron chi connectivity index (χ3n) is 4.45. The lowest BCUT2D eigenvalue weighted by Crippen LogP contribution is -2.55. The van der Waals surface area contributed by atoms with Gasteiger partial charge in [0, 0.05) is 56.4 Å². The van der Waals surface area contributed by atoms with Crippen LogP contribution >= 0.6 is 47.2 Å². The zero-order valence-corrected chi connectivity index (χ0v) is 19.9. The van der Waals surface area contributed by atoms with E-state index in [9.17, 15) is 8.78 Å². The first-order chi connectivity index (χ1) is 12.8. The molecule has 6 nitrogen and oxygen atoms in total. The molecule has 1 heterocycles. The van der Waals surface area contributed by atoms with Gasteiger partial charge in [-0.1, -0.05) is 23.2 Å². The van der Waals surface area contributed by atoms with Gasteiger partial charge in [-0.25, -0.2) is 0 Å². The third-order valence-corrected chi connectivity index (χ3v) is 4.95. The fourth-order valence-corrected chi connectivity index (χ4v) is 3.48. The molecule has 11 heteroatoms. The standard InChI is InChI=1S/C17H25Cl2F2N5O.HI/c1-22-17(24-9-13-10-25(2)4-5-26(13)3)23-8-11-6-12(18)7-14(19)15(11)27-16(20)21;/h6-7,13,16H,4-5,8-10H2,1-3H3,(H2,22,23,24);1H. The summed E-state index contributed by atoms with van der Waals surface area (Å²) in [5, 5.41) is 6.73. The van der Waals surface area contributed by atoms with Crippen LogP contribution in [0.4, 0.5) is 8.78 Å². The number of ether oxygens (including phenoxy) is 1. The topological polar surface area (TPSA) is 52.1 Å². The van der Waals surface area contributed by atoms with Gasteiger partial charge in [0.05, 0.1) is 5.02 Å². The number of benzene rings is 1. The smallest absolute Gasteiger partial charge is 0.387 e. The monoisotopic (exact) mass is 551 g/mol. The molecule has 1 fully saturated rings. The molecule has 1 saturated heterocycles. The van der Waals surface area contributed by atoms with Gasteiger partial charge < -0.3 is 20.3 Å². The van der Waals surface area contributed by atoms with Crippen molar-refractivity contribution in [3.8, 4) is 5.75 Å². The molecule has 0 spiro atoms. The van der Waals surface area contributed by atoms with Gasteiger partial charge >= 0.3 is 6.61 Å². The Morgan fingerprint density at radius 2 is 2.00 bits per heavy atom. The highest BCUT2D eigenvalue weighted by molar-refractivity contribution is 14.0. The average Bonchev–Trinajstić information content (AvgIpc) is 2.60. The van der Waals surface area contributed by atoms with Gasteiger partial charge in [0.2, 0.25) is 0 Å². The number of nitrogens with zero attached hydrogens (tertiary/aromatic N) is 3. The minimum Gasteiger partial charge on any atom is -0.433 e. The highest BCUT2D eigenvalue weighted by atomic mass is 127. The summed E-state index contributed by atoms with van der Waals surface area (Å²) in [5.41, 5.74) is 0.422. The highest BCUT2D eigenvalue weighted by Gasteiger charge is 2.22. The van der Waals surface area contributed by atoms with Gasteiger partial charge in [0.15, 0.2) is 5.96 Å². The number of hydrogen-bond donors (Lipinski definition) is 2. The first-order valence-corrected chi connectivity index (χ1v) is 9.31. The Kier molecular flexibility index (Phi) is 11.0. The second kappa shape index (κ2) is 12.2. The summed E-state index contributed by atoms with van der Waals surface area (Å²) in [4.78, 5) is 8.75. The van der Waals surface area contributed by atoms with Crippen LogP contribution in [0.25, 0.3) is 0 Å². The van der Waals surface area contributed by atoms with E-state index in [1.54, 1.807) is 7.05 Å². The van der Waals surface area contributed by atoms with Crippen LogP contribution in [0.5, 0.6) is 5.75 Å². The molecule has 1 atom stereocenters. The average molecular weight is 552 g/mol. The number of aliphatic imine (C=N–C) groups is 1. The van der Waals surface area contributed by atoms with Crippen LogP contribution in [0, 0.1) is 0 Å². The molecule has 1 unspecified atom stereocenters. The Labute approximate surface area is 191 Å². The Morgan fingerprint density at radius 3 is 2.64 bits per heavy atom. The van der Waals surface area contributed by atoms with Gasteiger partial charge in [-0.2, -0.15) is 8.78 Å². The maximum absolute atomic E-state index is 12.7. The number of guanidine groups is 1. The molecular weight excluding hydrogens is 526 g/mol. The number of alkyl halides is 2. The number of hydrogen-bond acceptors (Lipinski definition) is 4. The van der Waals surface area contributed by atoms with Crippen molar-refractivity contribution in [2.75, 3.05) is 47.3 Å². The van der Waals surface area contributed by atoms with Gasteiger partial charge in [0.25, 0.3) is 0 Å². The lowest BCUT2D eigenvalue weighted by molar-refractivity contribution is -0.0504. The maximum Gasteiger partial charge on any atom is 0.387 e. The molecular formula is C17H26Cl2F2IN5O. The van der Waals surface area contributed by atoms with E-state index >= 15 is 0 Å². The van der Waals surface area contributed by atoms with Crippen molar-refractivity contribution in [1.82, 2.24) is 20.4 Å². The predicted octanol–water partition coefficient (Wildman–Crippen LogP) is 3.12. The molecule has 0 aromatic heterocycles. The van der Waals surface area contributed by atoms with Crippen LogP contribution in [0.15, 0.2) is 17.1 Å². The van der Waals surface area contributed by atoms with E-state index in [1.165, 1.54) is 12.1 Å². The fraction of sp³-hybridized carbons (Fsp3) is 0.588. The summed E-state index contributed by atoms with van der Waals surface area (Å²) in [7, 11) is 5.84. The van der Waals surface area contributed by atoms with Crippen molar-refractivity contribution in [1.29, 1.82) is 0 Å². The first-order valence-electron chi connectivity index (χ1n) is 8.56. The summed E-state index contributed by atoms with van der Waals surface area (Å²) in [6, 6.07) is 3.25. The number of piperazine rings is 1. The van der Waals surface area contributed by atoms with Crippen LogP contribution in [0.2, 0.25) is 10.0 Å². The van der Waals surface area contributed by atoms with Crippen LogP contribution in [-0.2, 0) is 6.54 Å². The molecule has 0 saturated carbocycles. The summed E-state index contributed by atoms with van der Waals surface area (Å²) in [5.74, 6) is 0.461. The minimum absolute atomic E-state index is 0. The van der Waals surface area contributed by atoms with Gasteiger partial charge in [-0.3, -0.25) is 9.89 Å². The van der Waals surface area contributed by atoms with Gasteiger partial charge in [0.1, 0.15) is 5.75 Å². The first kappa shape index (κ1) is 25.4. The van der Waals surface area contributed by atoms with Crippen molar-refractivity contribution >= 4 is 53.1 Å². The van der Waals surface area contributed by atoms with E-state index < -0.39 is 6.61 Å². The summed E-state index contributed by atoms with van der Waals surface area (Å²) >= 11 is 12.0. The molecule has 1 aliphatic heterocycles. The molecule has 2 rings (SSSR count). The Balaban J connectivity index is 0.00000392. The molecule has 0 bridgehead atoms. The van der Waals surface area contributed by atoms with E-state index in [0.717, 1.165) is 19.6 Å². The number of nitrogens with one attached hydrogen (secondary N) is 2. The normalized spacial score (nSPS) is 18.7. The second-order valence-electron chi connectivity index (χ2n) is 6.46. The molecule has 1 aliphatic rings. The quantitative estimate of drug-likeness (QED) is 0.323. The highest BCUT2D eigenvalue weighted by Crippen LogP contribution is 2.33. The van der Waals surface area contributed by atoms with E-state index in [4.69, 9.17) is 23.2 Å². The summed E-state index contributed by atoms with van der Waals surface area (Å²) in [6.45, 7) is 0.918. The van der Waals surface area contributed by atoms with Crippen LogP contribution < -0.4 is 15.4 Å². The van der Waals surface area contributed by atoms with Crippen molar-refractivity contribution < 1.29 is 13.5 Å². The van der Waals surface area contributed by atoms with Gasteiger partial charge in [-0.15, -0.1) is 24.0 Å². The van der Waals surface area contributed by atoms with E-state index in [0.29, 0.717) is 29.1 Å². The van der Waals surface area contributed by atoms with E-state index in [2.05, 4.69) is 44.3 Å². The molecule has 2 N–H and O–H groups in total. The van der Waals surface area contributed by atoms with Crippen molar-refractivity contribution in [2.24, 2.45) is 4.99 Å². The van der Waals surface area contributed by atoms with E-state index in [1.807, 2.05) is 0 Å². The largest absolute Gasteiger partial charge is 0.433 e. The molecule has 160 valence electrons. The predicted molar refractivity (Wildman–Crippen MR) is 121 cm³/mol. The second-order valence-corrected chi connectivity index (χ2v) is 7.30. The Bertz CT molecular complexity index is 669. The lowest BCUT2D eigenvalue weighted by Gasteiger charge is -2.37. The summed E-state index contributed by atoms with van der Waals surface area (Å²) < 4.78 is 29.9. The molecule has 0 amide bonds. The zero-order valence-electron chi connectivity index (χ0n) is 16.0. The SMILES string of the molecule is CN=C(NCc1cc(Cl)cc(Cl)c1OC(F)F)NCC1CN(C)CCN1C.I. The maximum atomic E-state index is 12.7. The fourth-order valence-electron chi connectivity index (χ4n) is 2.90.